The molecule has 0 unspecified atom stereocenters. The Balaban J connectivity index is 2.28. The number of hydrogen-bond acceptors (Lipinski definition) is 5. The molecule has 0 aliphatic heterocycles. The van der Waals surface area contributed by atoms with Gasteiger partial charge in [-0.3, -0.25) is 0 Å². The largest absolute Gasteiger partial charge is 0.496 e. The number of methoxy groups -OCH3 is 2. The third-order valence-electron chi connectivity index (χ3n) is 2.16. The first-order valence-electron chi connectivity index (χ1n) is 5.09. The van der Waals surface area contributed by atoms with E-state index in [2.05, 4.69) is 25.9 Å². The highest BCUT2D eigenvalue weighted by molar-refractivity contribution is 9.10. The SMILES string of the molecule is COc1cc(OC)cc(Oc2cc(Br)ncn2)c1. The van der Waals surface area contributed by atoms with Gasteiger partial charge in [-0.05, 0) is 15.9 Å². The number of benzene rings is 1. The summed E-state index contributed by atoms with van der Waals surface area (Å²) >= 11 is 3.25. The topological polar surface area (TPSA) is 53.5 Å². The van der Waals surface area contributed by atoms with Gasteiger partial charge < -0.3 is 14.2 Å². The molecule has 0 amide bonds. The number of aromatic nitrogens is 2. The summed E-state index contributed by atoms with van der Waals surface area (Å²) in [6.45, 7) is 0. The number of halogens is 1. The monoisotopic (exact) mass is 310 g/mol. The fourth-order valence-electron chi connectivity index (χ4n) is 1.33. The lowest BCUT2D eigenvalue weighted by molar-refractivity contribution is 0.385. The van der Waals surface area contributed by atoms with Gasteiger partial charge in [-0.25, -0.2) is 9.97 Å². The van der Waals surface area contributed by atoms with Gasteiger partial charge in [-0.15, -0.1) is 0 Å². The predicted molar refractivity (Wildman–Crippen MR) is 69.4 cm³/mol. The zero-order chi connectivity index (χ0) is 13.0. The smallest absolute Gasteiger partial charge is 0.223 e. The molecule has 5 nitrogen and oxygen atoms in total. The number of rotatable bonds is 4. The molecule has 2 rings (SSSR count). The summed E-state index contributed by atoms with van der Waals surface area (Å²) < 4.78 is 16.6. The molecule has 0 aliphatic rings. The highest BCUT2D eigenvalue weighted by Gasteiger charge is 2.05. The van der Waals surface area contributed by atoms with Crippen LogP contribution in [0.4, 0.5) is 0 Å². The number of hydrogen-bond donors (Lipinski definition) is 0. The van der Waals surface area contributed by atoms with E-state index in [1.807, 2.05) is 0 Å². The Bertz CT molecular complexity index is 526. The minimum absolute atomic E-state index is 0.437. The van der Waals surface area contributed by atoms with Crippen LogP contribution >= 0.6 is 15.9 Å². The molecule has 0 saturated carbocycles. The van der Waals surface area contributed by atoms with Crippen molar-refractivity contribution in [3.63, 3.8) is 0 Å². The van der Waals surface area contributed by atoms with E-state index in [1.165, 1.54) is 6.33 Å². The van der Waals surface area contributed by atoms with Crippen LogP contribution in [0.5, 0.6) is 23.1 Å². The number of ether oxygens (including phenoxy) is 3. The van der Waals surface area contributed by atoms with E-state index >= 15 is 0 Å². The molecule has 0 radical (unpaired) electrons. The van der Waals surface area contributed by atoms with Crippen LogP contribution in [0.15, 0.2) is 35.2 Å². The molecule has 1 heterocycles. The Morgan fingerprint density at radius 3 is 2.06 bits per heavy atom. The predicted octanol–water partition coefficient (Wildman–Crippen LogP) is 3.05. The fraction of sp³-hybridized carbons (Fsp3) is 0.167. The van der Waals surface area contributed by atoms with Gasteiger partial charge in [0.15, 0.2) is 0 Å². The molecule has 0 saturated heterocycles. The van der Waals surface area contributed by atoms with Crippen LogP contribution in [0.3, 0.4) is 0 Å². The van der Waals surface area contributed by atoms with Gasteiger partial charge in [0.25, 0.3) is 0 Å². The molecule has 0 fully saturated rings. The molecule has 2 aromatic rings. The van der Waals surface area contributed by atoms with Gasteiger partial charge in [0.1, 0.15) is 28.2 Å². The lowest BCUT2D eigenvalue weighted by Gasteiger charge is -2.09. The van der Waals surface area contributed by atoms with E-state index in [0.29, 0.717) is 27.7 Å². The Labute approximate surface area is 113 Å². The van der Waals surface area contributed by atoms with Crippen molar-refractivity contribution in [1.29, 1.82) is 0 Å². The van der Waals surface area contributed by atoms with Crippen LogP contribution in [0.1, 0.15) is 0 Å². The van der Waals surface area contributed by atoms with Crippen molar-refractivity contribution in [2.24, 2.45) is 0 Å². The average molecular weight is 311 g/mol. The lowest BCUT2D eigenvalue weighted by atomic mass is 10.3. The zero-order valence-corrected chi connectivity index (χ0v) is 11.5. The minimum atomic E-state index is 0.437. The van der Waals surface area contributed by atoms with E-state index in [9.17, 15) is 0 Å². The van der Waals surface area contributed by atoms with Crippen molar-refractivity contribution < 1.29 is 14.2 Å². The molecular formula is C12H11BrN2O3. The first kappa shape index (κ1) is 12.6. The standard InChI is InChI=1S/C12H11BrN2O3/c1-16-8-3-9(17-2)5-10(4-8)18-12-6-11(13)14-7-15-12/h3-7H,1-2H3. The van der Waals surface area contributed by atoms with Gasteiger partial charge in [-0.2, -0.15) is 0 Å². The summed E-state index contributed by atoms with van der Waals surface area (Å²) in [5.41, 5.74) is 0. The molecule has 0 spiro atoms. The molecule has 1 aromatic carbocycles. The molecule has 0 N–H and O–H groups in total. The third kappa shape index (κ3) is 3.10. The average Bonchev–Trinajstić information content (AvgIpc) is 2.38. The Morgan fingerprint density at radius 2 is 1.50 bits per heavy atom. The maximum atomic E-state index is 5.60. The Hall–Kier alpha value is -1.82. The van der Waals surface area contributed by atoms with E-state index in [1.54, 1.807) is 38.5 Å². The van der Waals surface area contributed by atoms with Gasteiger partial charge in [-0.1, -0.05) is 0 Å². The quantitative estimate of drug-likeness (QED) is 0.812. The lowest BCUT2D eigenvalue weighted by Crippen LogP contribution is -1.92. The van der Waals surface area contributed by atoms with Crippen LogP contribution in [-0.4, -0.2) is 24.2 Å². The molecule has 0 atom stereocenters. The molecule has 18 heavy (non-hydrogen) atoms. The minimum Gasteiger partial charge on any atom is -0.496 e. The normalized spacial score (nSPS) is 9.94. The van der Waals surface area contributed by atoms with Crippen LogP contribution in [-0.2, 0) is 0 Å². The summed E-state index contributed by atoms with van der Waals surface area (Å²) in [6.07, 6.45) is 1.41. The van der Waals surface area contributed by atoms with Crippen molar-refractivity contribution in [2.75, 3.05) is 14.2 Å². The van der Waals surface area contributed by atoms with Gasteiger partial charge in [0.2, 0.25) is 5.88 Å². The van der Waals surface area contributed by atoms with Gasteiger partial charge >= 0.3 is 0 Å². The van der Waals surface area contributed by atoms with Gasteiger partial charge in [0, 0.05) is 24.3 Å². The summed E-state index contributed by atoms with van der Waals surface area (Å²) in [4.78, 5) is 7.93. The van der Waals surface area contributed by atoms with E-state index in [4.69, 9.17) is 14.2 Å². The van der Waals surface area contributed by atoms with Crippen molar-refractivity contribution >= 4 is 15.9 Å². The van der Waals surface area contributed by atoms with E-state index in [0.717, 1.165) is 0 Å². The van der Waals surface area contributed by atoms with Crippen LogP contribution in [0, 0.1) is 0 Å². The van der Waals surface area contributed by atoms with Crippen molar-refractivity contribution in [1.82, 2.24) is 9.97 Å². The van der Waals surface area contributed by atoms with Gasteiger partial charge in [0.05, 0.1) is 14.2 Å². The van der Waals surface area contributed by atoms with Crippen LogP contribution in [0.25, 0.3) is 0 Å². The number of nitrogens with zero attached hydrogens (tertiary/aromatic N) is 2. The van der Waals surface area contributed by atoms with Crippen molar-refractivity contribution in [3.05, 3.63) is 35.2 Å². The third-order valence-corrected chi connectivity index (χ3v) is 2.59. The molecule has 0 aliphatic carbocycles. The molecular weight excluding hydrogens is 300 g/mol. The fourth-order valence-corrected chi connectivity index (χ4v) is 1.62. The van der Waals surface area contributed by atoms with Crippen LogP contribution in [0.2, 0.25) is 0 Å². The first-order valence-corrected chi connectivity index (χ1v) is 5.89. The summed E-state index contributed by atoms with van der Waals surface area (Å²) in [6, 6.07) is 6.94. The molecule has 0 bridgehead atoms. The highest BCUT2D eigenvalue weighted by Crippen LogP contribution is 2.30. The molecule has 94 valence electrons. The van der Waals surface area contributed by atoms with Crippen molar-refractivity contribution in [2.45, 2.75) is 0 Å². The zero-order valence-electron chi connectivity index (χ0n) is 9.88. The second-order valence-electron chi connectivity index (χ2n) is 3.33. The summed E-state index contributed by atoms with van der Waals surface area (Å²) in [5.74, 6) is 2.32. The molecule has 6 heteroatoms. The van der Waals surface area contributed by atoms with E-state index in [-0.39, 0.29) is 0 Å². The maximum absolute atomic E-state index is 5.60. The Morgan fingerprint density at radius 1 is 0.889 bits per heavy atom. The Kier molecular flexibility index (Phi) is 3.99. The summed E-state index contributed by atoms with van der Waals surface area (Å²) in [5, 5.41) is 0. The summed E-state index contributed by atoms with van der Waals surface area (Å²) in [7, 11) is 3.17. The first-order chi connectivity index (χ1) is 8.71. The second kappa shape index (κ2) is 5.68. The molecule has 1 aromatic heterocycles. The second-order valence-corrected chi connectivity index (χ2v) is 4.14. The van der Waals surface area contributed by atoms with E-state index < -0.39 is 0 Å². The maximum Gasteiger partial charge on any atom is 0.223 e. The van der Waals surface area contributed by atoms with Crippen molar-refractivity contribution in [3.8, 4) is 23.1 Å². The van der Waals surface area contributed by atoms with Crippen LogP contribution < -0.4 is 14.2 Å². The highest BCUT2D eigenvalue weighted by atomic mass is 79.9.